The van der Waals surface area contributed by atoms with E-state index in [0.29, 0.717) is 0 Å². The third-order valence-electron chi connectivity index (χ3n) is 2.34. The van der Waals surface area contributed by atoms with E-state index in [-0.39, 0.29) is 18.1 Å². The van der Waals surface area contributed by atoms with Crippen molar-refractivity contribution >= 4 is 25.8 Å². The Morgan fingerprint density at radius 1 is 1.11 bits per heavy atom. The third-order valence-corrected chi connectivity index (χ3v) is 4.30. The molecule has 1 aromatic carbocycles. The molecule has 0 spiro atoms. The van der Waals surface area contributed by atoms with Crippen molar-refractivity contribution < 1.29 is 22.6 Å². The highest BCUT2D eigenvalue weighted by molar-refractivity contribution is 9.10. The first-order valence-corrected chi connectivity index (χ1v) is 8.02. The number of sulfone groups is 1. The first-order chi connectivity index (χ1) is 8.99. The average Bonchev–Trinajstić information content (AvgIpc) is 2.37. The minimum Gasteiger partial charge on any atom is -0.382 e. The molecule has 108 valence electrons. The third kappa shape index (κ3) is 5.58. The van der Waals surface area contributed by atoms with Crippen LogP contribution in [0.2, 0.25) is 0 Å². The van der Waals surface area contributed by atoms with E-state index in [1.54, 1.807) is 12.1 Å². The molecule has 0 unspecified atom stereocenters. The lowest BCUT2D eigenvalue weighted by atomic mass is 10.4. The van der Waals surface area contributed by atoms with Crippen molar-refractivity contribution in [3.63, 3.8) is 0 Å². The zero-order valence-electron chi connectivity index (χ0n) is 10.8. The summed E-state index contributed by atoms with van der Waals surface area (Å²) in [6.45, 7) is 0.563. The molecule has 0 saturated carbocycles. The van der Waals surface area contributed by atoms with E-state index >= 15 is 0 Å². The number of hydrogen-bond acceptors (Lipinski definition) is 5. The molecule has 7 heteroatoms. The first kappa shape index (κ1) is 16.6. The van der Waals surface area contributed by atoms with E-state index in [1.807, 2.05) is 0 Å². The molecule has 0 fully saturated rings. The van der Waals surface area contributed by atoms with Gasteiger partial charge in [-0.25, -0.2) is 8.42 Å². The molecule has 1 rings (SSSR count). The lowest BCUT2D eigenvalue weighted by Gasteiger charge is -2.16. The molecule has 1 aromatic rings. The minimum absolute atomic E-state index is 0.226. The Labute approximate surface area is 121 Å². The van der Waals surface area contributed by atoms with Gasteiger partial charge in [0.15, 0.2) is 5.94 Å². The van der Waals surface area contributed by atoms with Crippen molar-refractivity contribution in [2.24, 2.45) is 0 Å². The van der Waals surface area contributed by atoms with Gasteiger partial charge < -0.3 is 14.2 Å². The molecule has 0 heterocycles. The fourth-order valence-corrected chi connectivity index (χ4v) is 2.73. The van der Waals surface area contributed by atoms with E-state index in [1.165, 1.54) is 26.4 Å². The van der Waals surface area contributed by atoms with Crippen molar-refractivity contribution in [3.8, 4) is 0 Å². The van der Waals surface area contributed by atoms with Crippen LogP contribution in [0.5, 0.6) is 0 Å². The Morgan fingerprint density at radius 2 is 1.63 bits per heavy atom. The lowest BCUT2D eigenvalue weighted by Crippen LogP contribution is -2.27. The zero-order chi connectivity index (χ0) is 14.3. The van der Waals surface area contributed by atoms with Crippen LogP contribution in [-0.2, 0) is 24.0 Å². The van der Waals surface area contributed by atoms with Crippen LogP contribution in [-0.4, -0.2) is 47.9 Å². The van der Waals surface area contributed by atoms with Gasteiger partial charge in [0.1, 0.15) is 6.10 Å². The highest BCUT2D eigenvalue weighted by Gasteiger charge is 2.18. The fraction of sp³-hybridized carbons (Fsp3) is 0.500. The fourth-order valence-electron chi connectivity index (χ4n) is 1.41. The Kier molecular flexibility index (Phi) is 6.95. The molecule has 0 aliphatic rings. The van der Waals surface area contributed by atoms with Gasteiger partial charge in [-0.3, -0.25) is 0 Å². The maximum absolute atomic E-state index is 12.0. The van der Waals surface area contributed by atoms with Gasteiger partial charge in [-0.2, -0.15) is 0 Å². The van der Waals surface area contributed by atoms with Gasteiger partial charge in [0, 0.05) is 18.7 Å². The molecular formula is C12H17BrO5S. The Bertz CT molecular complexity index is 465. The highest BCUT2D eigenvalue weighted by Crippen LogP contribution is 2.16. The van der Waals surface area contributed by atoms with E-state index in [9.17, 15) is 8.42 Å². The van der Waals surface area contributed by atoms with Crippen molar-refractivity contribution in [1.29, 1.82) is 0 Å². The largest absolute Gasteiger partial charge is 0.382 e. The normalized spacial score (nSPS) is 12.0. The van der Waals surface area contributed by atoms with E-state index in [0.717, 1.165) is 4.47 Å². The lowest BCUT2D eigenvalue weighted by molar-refractivity contribution is -0.0252. The summed E-state index contributed by atoms with van der Waals surface area (Å²) in [6, 6.07) is 6.41. The summed E-state index contributed by atoms with van der Waals surface area (Å²) in [5.41, 5.74) is 0. The second-order valence-corrected chi connectivity index (χ2v) is 6.74. The monoisotopic (exact) mass is 352 g/mol. The molecule has 0 bridgehead atoms. The van der Waals surface area contributed by atoms with Crippen LogP contribution >= 0.6 is 15.9 Å². The molecular weight excluding hydrogens is 336 g/mol. The molecule has 0 aromatic heterocycles. The van der Waals surface area contributed by atoms with Crippen LogP contribution in [0, 0.1) is 0 Å². The van der Waals surface area contributed by atoms with Crippen LogP contribution < -0.4 is 0 Å². The standard InChI is InChI=1S/C12H17BrO5S/c1-16-7-11(8-17-2)18-9-19(14,15)12-5-3-10(13)4-6-12/h3-6,11H,7-9H2,1-2H3. The topological polar surface area (TPSA) is 61.8 Å². The molecule has 0 aliphatic heterocycles. The van der Waals surface area contributed by atoms with Crippen LogP contribution in [0.25, 0.3) is 0 Å². The van der Waals surface area contributed by atoms with Gasteiger partial charge in [0.05, 0.1) is 18.1 Å². The van der Waals surface area contributed by atoms with Crippen LogP contribution in [0.3, 0.4) is 0 Å². The Morgan fingerprint density at radius 3 is 2.11 bits per heavy atom. The van der Waals surface area contributed by atoms with Gasteiger partial charge in [0.2, 0.25) is 9.84 Å². The second-order valence-electron chi connectivity index (χ2n) is 3.89. The highest BCUT2D eigenvalue weighted by atomic mass is 79.9. The Balaban J connectivity index is 2.66. The van der Waals surface area contributed by atoms with E-state index in [4.69, 9.17) is 14.2 Å². The zero-order valence-corrected chi connectivity index (χ0v) is 13.2. The number of benzene rings is 1. The first-order valence-electron chi connectivity index (χ1n) is 5.57. The number of methoxy groups -OCH3 is 2. The van der Waals surface area contributed by atoms with Crippen LogP contribution in [0.15, 0.2) is 33.6 Å². The number of rotatable bonds is 8. The predicted octanol–water partition coefficient (Wildman–Crippen LogP) is 1.86. The second kappa shape index (κ2) is 7.96. The van der Waals surface area contributed by atoms with E-state index in [2.05, 4.69) is 15.9 Å². The Hall–Kier alpha value is -0.470. The number of hydrogen-bond donors (Lipinski definition) is 0. The molecule has 19 heavy (non-hydrogen) atoms. The van der Waals surface area contributed by atoms with Gasteiger partial charge in [-0.05, 0) is 24.3 Å². The summed E-state index contributed by atoms with van der Waals surface area (Å²) < 4.78 is 40.1. The van der Waals surface area contributed by atoms with Crippen molar-refractivity contribution in [3.05, 3.63) is 28.7 Å². The summed E-state index contributed by atoms with van der Waals surface area (Å²) in [6.07, 6.45) is -0.403. The van der Waals surface area contributed by atoms with Crippen molar-refractivity contribution in [2.75, 3.05) is 33.4 Å². The van der Waals surface area contributed by atoms with Crippen LogP contribution in [0.1, 0.15) is 0 Å². The van der Waals surface area contributed by atoms with Gasteiger partial charge in [0.25, 0.3) is 0 Å². The molecule has 0 radical (unpaired) electrons. The summed E-state index contributed by atoms with van der Waals surface area (Å²) >= 11 is 3.26. The summed E-state index contributed by atoms with van der Waals surface area (Å²) in [5.74, 6) is -0.397. The molecule has 0 aliphatic carbocycles. The van der Waals surface area contributed by atoms with Crippen molar-refractivity contribution in [1.82, 2.24) is 0 Å². The summed E-state index contributed by atoms with van der Waals surface area (Å²) in [4.78, 5) is 0.226. The van der Waals surface area contributed by atoms with E-state index < -0.39 is 21.9 Å². The maximum atomic E-state index is 12.0. The summed E-state index contributed by atoms with van der Waals surface area (Å²) in [7, 11) is -0.417. The van der Waals surface area contributed by atoms with Crippen LogP contribution in [0.4, 0.5) is 0 Å². The molecule has 5 nitrogen and oxygen atoms in total. The molecule has 0 amide bonds. The number of ether oxygens (including phenoxy) is 3. The average molecular weight is 353 g/mol. The predicted molar refractivity (Wildman–Crippen MR) is 74.8 cm³/mol. The molecule has 0 saturated heterocycles. The quantitative estimate of drug-likeness (QED) is 0.714. The molecule has 0 atom stereocenters. The minimum atomic E-state index is -3.46. The molecule has 0 N–H and O–H groups in total. The smallest absolute Gasteiger partial charge is 0.202 e. The van der Waals surface area contributed by atoms with Crippen molar-refractivity contribution in [2.45, 2.75) is 11.0 Å². The summed E-state index contributed by atoms with van der Waals surface area (Å²) in [5, 5.41) is 0. The van der Waals surface area contributed by atoms with Gasteiger partial charge >= 0.3 is 0 Å². The maximum Gasteiger partial charge on any atom is 0.202 e. The SMILES string of the molecule is COCC(COC)OCS(=O)(=O)c1ccc(Br)cc1. The van der Waals surface area contributed by atoms with Gasteiger partial charge in [-0.15, -0.1) is 0 Å². The number of halogens is 1. The van der Waals surface area contributed by atoms with Gasteiger partial charge in [-0.1, -0.05) is 15.9 Å².